The Kier molecular flexibility index (Phi) is 9.71. The van der Waals surface area contributed by atoms with Crippen molar-refractivity contribution < 1.29 is 4.79 Å². The number of hydrazone groups is 1. The number of carbonyl (C=O) groups excluding carboxylic acids is 1. The summed E-state index contributed by atoms with van der Waals surface area (Å²) in [6, 6.07) is 9.73. The highest BCUT2D eigenvalue weighted by atomic mass is 16.2. The molecule has 3 nitrogen and oxygen atoms in total. The Hall–Kier alpha value is -1.90. The maximum Gasteiger partial charge on any atom is 0.240 e. The summed E-state index contributed by atoms with van der Waals surface area (Å²) in [5, 5.41) is 3.96. The molecule has 0 aliphatic rings. The van der Waals surface area contributed by atoms with Crippen LogP contribution in [0.25, 0.3) is 0 Å². The van der Waals surface area contributed by atoms with Gasteiger partial charge in [0.25, 0.3) is 0 Å². The van der Waals surface area contributed by atoms with E-state index in [0.717, 1.165) is 24.8 Å². The van der Waals surface area contributed by atoms with Crippen LogP contribution in [0.4, 0.5) is 0 Å². The molecule has 3 heteroatoms. The van der Waals surface area contributed by atoms with E-state index in [2.05, 4.69) is 17.1 Å². The van der Waals surface area contributed by atoms with Gasteiger partial charge in [0.2, 0.25) is 5.91 Å². The molecule has 0 aliphatic carbocycles. The second-order valence-corrected chi connectivity index (χ2v) is 5.15. The minimum Gasteiger partial charge on any atom is -0.273 e. The van der Waals surface area contributed by atoms with Crippen molar-refractivity contribution in [3.63, 3.8) is 0 Å². The number of unbranched alkanes of at least 4 members (excludes halogenated alkanes) is 6. The normalized spacial score (nSPS) is 10.7. The van der Waals surface area contributed by atoms with Gasteiger partial charge in [-0.05, 0) is 24.8 Å². The van der Waals surface area contributed by atoms with E-state index in [1.807, 2.05) is 36.4 Å². The highest BCUT2D eigenvalue weighted by Crippen LogP contribution is 2.08. The third kappa shape index (κ3) is 9.61. The van der Waals surface area contributed by atoms with Crippen LogP contribution in [0, 0.1) is 0 Å². The van der Waals surface area contributed by atoms with Gasteiger partial charge in [-0.25, -0.2) is 5.43 Å². The average Bonchev–Trinajstić information content (AvgIpc) is 2.51. The van der Waals surface area contributed by atoms with Crippen molar-refractivity contribution in [1.29, 1.82) is 0 Å². The van der Waals surface area contributed by atoms with Crippen molar-refractivity contribution in [2.24, 2.45) is 5.10 Å². The fraction of sp³-hybridized carbons (Fsp3) is 0.444. The van der Waals surface area contributed by atoms with Crippen LogP contribution in [0.1, 0.15) is 56.9 Å². The van der Waals surface area contributed by atoms with Gasteiger partial charge in [-0.1, -0.05) is 62.1 Å². The third-order valence-electron chi connectivity index (χ3n) is 3.26. The van der Waals surface area contributed by atoms with Crippen LogP contribution in [0.3, 0.4) is 0 Å². The molecule has 0 spiro atoms. The number of amides is 1. The van der Waals surface area contributed by atoms with Gasteiger partial charge in [0.05, 0.1) is 6.21 Å². The first kappa shape index (κ1) is 17.2. The van der Waals surface area contributed by atoms with Crippen LogP contribution in [0.2, 0.25) is 0 Å². The maximum absolute atomic E-state index is 11.6. The second kappa shape index (κ2) is 11.9. The Labute approximate surface area is 128 Å². The summed E-state index contributed by atoms with van der Waals surface area (Å²) in [6.45, 7) is 3.72. The molecule has 1 aromatic carbocycles. The van der Waals surface area contributed by atoms with Crippen molar-refractivity contribution >= 4 is 12.1 Å². The van der Waals surface area contributed by atoms with Crippen molar-refractivity contribution in [1.82, 2.24) is 5.43 Å². The number of rotatable bonds is 11. The van der Waals surface area contributed by atoms with Gasteiger partial charge in [-0.15, -0.1) is 6.58 Å². The molecule has 0 unspecified atom stereocenters. The standard InChI is InChI=1S/C18H26N2O/c1-2-3-4-5-6-7-8-12-15-18(21)20-19-16-17-13-10-9-11-14-17/h2,9-11,13-14,16H,1,3-8,12,15H2,(H,20,21)/b19-16+. The molecule has 1 rings (SSSR count). The molecule has 0 aliphatic heterocycles. The zero-order valence-corrected chi connectivity index (χ0v) is 12.8. The van der Waals surface area contributed by atoms with Crippen LogP contribution in [0.5, 0.6) is 0 Å². The molecule has 0 fully saturated rings. The van der Waals surface area contributed by atoms with E-state index in [1.165, 1.54) is 25.7 Å². The smallest absolute Gasteiger partial charge is 0.240 e. The first-order valence-electron chi connectivity index (χ1n) is 7.81. The molecule has 114 valence electrons. The van der Waals surface area contributed by atoms with Crippen LogP contribution in [-0.4, -0.2) is 12.1 Å². The highest BCUT2D eigenvalue weighted by Gasteiger charge is 1.99. The lowest BCUT2D eigenvalue weighted by molar-refractivity contribution is -0.121. The lowest BCUT2D eigenvalue weighted by atomic mass is 10.1. The summed E-state index contributed by atoms with van der Waals surface area (Å²) < 4.78 is 0. The molecular formula is C18H26N2O. The van der Waals surface area contributed by atoms with Gasteiger partial charge in [-0.3, -0.25) is 4.79 Å². The number of hydrogen-bond donors (Lipinski definition) is 1. The molecule has 1 N–H and O–H groups in total. The Morgan fingerprint density at radius 1 is 1.05 bits per heavy atom. The second-order valence-electron chi connectivity index (χ2n) is 5.15. The van der Waals surface area contributed by atoms with Crippen LogP contribution in [0.15, 0.2) is 48.1 Å². The number of hydrogen-bond acceptors (Lipinski definition) is 2. The lowest BCUT2D eigenvalue weighted by Gasteiger charge is -2.01. The highest BCUT2D eigenvalue weighted by molar-refractivity contribution is 5.82. The Bertz CT molecular complexity index is 426. The summed E-state index contributed by atoms with van der Waals surface area (Å²) in [7, 11) is 0. The predicted molar refractivity (Wildman–Crippen MR) is 89.3 cm³/mol. The molecule has 1 amide bonds. The van der Waals surface area contributed by atoms with E-state index >= 15 is 0 Å². The molecule has 1 aromatic rings. The molecule has 0 atom stereocenters. The zero-order chi connectivity index (χ0) is 15.2. The molecule has 0 radical (unpaired) electrons. The van der Waals surface area contributed by atoms with E-state index in [0.29, 0.717) is 6.42 Å². The Morgan fingerprint density at radius 2 is 1.71 bits per heavy atom. The SMILES string of the molecule is C=CCCCCCCCCC(=O)N/N=C/c1ccccc1. The Morgan fingerprint density at radius 3 is 2.43 bits per heavy atom. The summed E-state index contributed by atoms with van der Waals surface area (Å²) >= 11 is 0. The minimum absolute atomic E-state index is 0.00571. The molecule has 0 bridgehead atoms. The predicted octanol–water partition coefficient (Wildman–Crippen LogP) is 4.44. The summed E-state index contributed by atoms with van der Waals surface area (Å²) in [6.07, 6.45) is 12.3. The largest absolute Gasteiger partial charge is 0.273 e. The van der Waals surface area contributed by atoms with Crippen molar-refractivity contribution in [3.8, 4) is 0 Å². The summed E-state index contributed by atoms with van der Waals surface area (Å²) in [5.74, 6) is -0.00571. The first-order chi connectivity index (χ1) is 10.3. The van der Waals surface area contributed by atoms with E-state index in [-0.39, 0.29) is 5.91 Å². The topological polar surface area (TPSA) is 41.5 Å². The van der Waals surface area contributed by atoms with Crippen molar-refractivity contribution in [3.05, 3.63) is 48.6 Å². The van der Waals surface area contributed by atoms with E-state index < -0.39 is 0 Å². The average molecular weight is 286 g/mol. The third-order valence-corrected chi connectivity index (χ3v) is 3.26. The minimum atomic E-state index is -0.00571. The van der Waals surface area contributed by atoms with Crippen LogP contribution >= 0.6 is 0 Å². The van der Waals surface area contributed by atoms with Crippen LogP contribution in [-0.2, 0) is 4.79 Å². The first-order valence-corrected chi connectivity index (χ1v) is 7.81. The van der Waals surface area contributed by atoms with Gasteiger partial charge < -0.3 is 0 Å². The lowest BCUT2D eigenvalue weighted by Crippen LogP contribution is -2.16. The van der Waals surface area contributed by atoms with Crippen LogP contribution < -0.4 is 5.43 Å². The number of nitrogens with one attached hydrogen (secondary N) is 1. The molecule has 0 saturated heterocycles. The molecule has 0 saturated carbocycles. The van der Waals surface area contributed by atoms with Gasteiger partial charge in [0, 0.05) is 6.42 Å². The molecular weight excluding hydrogens is 260 g/mol. The fourth-order valence-electron chi connectivity index (χ4n) is 2.06. The van der Waals surface area contributed by atoms with E-state index in [4.69, 9.17) is 0 Å². The van der Waals surface area contributed by atoms with E-state index in [1.54, 1.807) is 6.21 Å². The van der Waals surface area contributed by atoms with Gasteiger partial charge >= 0.3 is 0 Å². The van der Waals surface area contributed by atoms with Gasteiger partial charge in [0.15, 0.2) is 0 Å². The molecule has 0 heterocycles. The van der Waals surface area contributed by atoms with Gasteiger partial charge in [-0.2, -0.15) is 5.10 Å². The molecule has 21 heavy (non-hydrogen) atoms. The van der Waals surface area contributed by atoms with E-state index in [9.17, 15) is 4.79 Å². The molecule has 0 aromatic heterocycles. The number of nitrogens with zero attached hydrogens (tertiary/aromatic N) is 1. The number of carbonyl (C=O) groups is 1. The fourth-order valence-corrected chi connectivity index (χ4v) is 2.06. The van der Waals surface area contributed by atoms with Crippen molar-refractivity contribution in [2.45, 2.75) is 51.4 Å². The van der Waals surface area contributed by atoms with Gasteiger partial charge in [0.1, 0.15) is 0 Å². The Balaban J connectivity index is 1.99. The number of allylic oxidation sites excluding steroid dienone is 1. The summed E-state index contributed by atoms with van der Waals surface area (Å²) in [4.78, 5) is 11.6. The summed E-state index contributed by atoms with van der Waals surface area (Å²) in [5.41, 5.74) is 3.55. The number of benzene rings is 1. The quantitative estimate of drug-likeness (QED) is 0.278. The zero-order valence-electron chi connectivity index (χ0n) is 12.8. The maximum atomic E-state index is 11.6. The van der Waals surface area contributed by atoms with Crippen molar-refractivity contribution in [2.75, 3.05) is 0 Å². The monoisotopic (exact) mass is 286 g/mol.